The molecule has 160 valence electrons. The fourth-order valence-electron chi connectivity index (χ4n) is 4.28. The quantitative estimate of drug-likeness (QED) is 0.789. The van der Waals surface area contributed by atoms with Crippen LogP contribution in [0.2, 0.25) is 0 Å². The SMILES string of the molecule is COc1ccc(C(=O)N2CCCN(C3CC(c4ccccc4)NN3)CC2)c(OC)c1. The Balaban J connectivity index is 1.38. The number of amides is 1. The number of carbonyl (C=O) groups excluding carboxylic acids is 1. The molecule has 4 rings (SSSR count). The molecule has 0 spiro atoms. The lowest BCUT2D eigenvalue weighted by Gasteiger charge is -2.27. The molecule has 2 aliphatic rings. The summed E-state index contributed by atoms with van der Waals surface area (Å²) in [4.78, 5) is 17.5. The Kier molecular flexibility index (Phi) is 6.52. The van der Waals surface area contributed by atoms with Crippen molar-refractivity contribution in [2.75, 3.05) is 40.4 Å². The van der Waals surface area contributed by atoms with E-state index >= 15 is 0 Å². The maximum Gasteiger partial charge on any atom is 0.257 e. The van der Waals surface area contributed by atoms with Crippen molar-refractivity contribution in [2.24, 2.45) is 0 Å². The van der Waals surface area contributed by atoms with Crippen molar-refractivity contribution in [1.82, 2.24) is 20.7 Å². The fourth-order valence-corrected chi connectivity index (χ4v) is 4.28. The summed E-state index contributed by atoms with van der Waals surface area (Å²) in [5.74, 6) is 1.24. The van der Waals surface area contributed by atoms with Gasteiger partial charge < -0.3 is 14.4 Å². The van der Waals surface area contributed by atoms with Gasteiger partial charge in [-0.3, -0.25) is 9.69 Å². The summed E-state index contributed by atoms with van der Waals surface area (Å²) >= 11 is 0. The lowest BCUT2D eigenvalue weighted by molar-refractivity contribution is 0.0753. The molecule has 0 aliphatic carbocycles. The third kappa shape index (κ3) is 4.43. The van der Waals surface area contributed by atoms with Gasteiger partial charge in [0.1, 0.15) is 11.5 Å². The first-order valence-electron chi connectivity index (χ1n) is 10.5. The topological polar surface area (TPSA) is 66.1 Å². The largest absolute Gasteiger partial charge is 0.497 e. The predicted molar refractivity (Wildman–Crippen MR) is 115 cm³/mol. The molecule has 7 heteroatoms. The third-order valence-corrected chi connectivity index (χ3v) is 5.98. The van der Waals surface area contributed by atoms with Gasteiger partial charge >= 0.3 is 0 Å². The molecule has 0 bridgehead atoms. The molecule has 7 nitrogen and oxygen atoms in total. The van der Waals surface area contributed by atoms with Gasteiger partial charge in [0.05, 0.1) is 25.9 Å². The minimum absolute atomic E-state index is 0.0102. The molecule has 2 saturated heterocycles. The molecule has 2 fully saturated rings. The summed E-state index contributed by atoms with van der Waals surface area (Å²) in [5.41, 5.74) is 8.75. The average Bonchev–Trinajstić information content (AvgIpc) is 3.17. The van der Waals surface area contributed by atoms with E-state index < -0.39 is 0 Å². The molecule has 0 saturated carbocycles. The number of ether oxygens (including phenoxy) is 2. The van der Waals surface area contributed by atoms with Crippen LogP contribution in [-0.2, 0) is 0 Å². The molecular weight excluding hydrogens is 380 g/mol. The number of hydrogen-bond donors (Lipinski definition) is 2. The number of carbonyl (C=O) groups is 1. The molecule has 2 heterocycles. The molecule has 1 amide bonds. The lowest BCUT2D eigenvalue weighted by atomic mass is 10.0. The van der Waals surface area contributed by atoms with Gasteiger partial charge in [0.25, 0.3) is 5.91 Å². The van der Waals surface area contributed by atoms with E-state index in [0.717, 1.165) is 32.5 Å². The number of nitrogens with zero attached hydrogens (tertiary/aromatic N) is 2. The van der Waals surface area contributed by atoms with Crippen LogP contribution >= 0.6 is 0 Å². The molecule has 30 heavy (non-hydrogen) atoms. The Bertz CT molecular complexity index is 861. The van der Waals surface area contributed by atoms with Crippen molar-refractivity contribution < 1.29 is 14.3 Å². The summed E-state index contributed by atoms with van der Waals surface area (Å²) in [7, 11) is 3.19. The molecule has 0 aromatic heterocycles. The highest BCUT2D eigenvalue weighted by atomic mass is 16.5. The Morgan fingerprint density at radius 1 is 0.967 bits per heavy atom. The monoisotopic (exact) mass is 410 g/mol. The number of nitrogens with one attached hydrogen (secondary N) is 2. The van der Waals surface area contributed by atoms with Crippen molar-refractivity contribution in [3.05, 3.63) is 59.7 Å². The zero-order valence-electron chi connectivity index (χ0n) is 17.6. The van der Waals surface area contributed by atoms with Gasteiger partial charge in [-0.15, -0.1) is 0 Å². The first kappa shape index (κ1) is 20.7. The average molecular weight is 411 g/mol. The summed E-state index contributed by atoms with van der Waals surface area (Å²) in [5, 5.41) is 0. The Morgan fingerprint density at radius 3 is 2.57 bits per heavy atom. The van der Waals surface area contributed by atoms with Crippen LogP contribution in [-0.4, -0.2) is 62.3 Å². The highest BCUT2D eigenvalue weighted by molar-refractivity contribution is 5.97. The Hall–Kier alpha value is -2.61. The van der Waals surface area contributed by atoms with Gasteiger partial charge in [-0.25, -0.2) is 10.9 Å². The van der Waals surface area contributed by atoms with Crippen LogP contribution in [0.4, 0.5) is 0 Å². The van der Waals surface area contributed by atoms with Crippen LogP contribution in [0.25, 0.3) is 0 Å². The highest BCUT2D eigenvalue weighted by Crippen LogP contribution is 2.27. The van der Waals surface area contributed by atoms with E-state index in [1.54, 1.807) is 32.4 Å². The summed E-state index contributed by atoms with van der Waals surface area (Å²) in [6.45, 7) is 3.24. The number of hydrogen-bond acceptors (Lipinski definition) is 6. The van der Waals surface area contributed by atoms with Gasteiger partial charge in [0, 0.05) is 38.3 Å². The molecule has 2 N–H and O–H groups in total. The molecule has 2 aliphatic heterocycles. The summed E-state index contributed by atoms with van der Waals surface area (Å²) < 4.78 is 10.7. The van der Waals surface area contributed by atoms with E-state index in [1.807, 2.05) is 11.0 Å². The van der Waals surface area contributed by atoms with Crippen molar-refractivity contribution in [2.45, 2.75) is 25.0 Å². The summed E-state index contributed by atoms with van der Waals surface area (Å²) in [6, 6.07) is 16.2. The van der Waals surface area contributed by atoms with Crippen LogP contribution in [0.5, 0.6) is 11.5 Å². The molecule has 2 aromatic rings. The van der Waals surface area contributed by atoms with Gasteiger partial charge in [-0.2, -0.15) is 0 Å². The normalized spacial score (nSPS) is 22.5. The smallest absolute Gasteiger partial charge is 0.257 e. The number of hydrazine groups is 1. The molecular formula is C23H30N4O3. The van der Waals surface area contributed by atoms with E-state index in [4.69, 9.17) is 9.47 Å². The molecule has 2 aromatic carbocycles. The van der Waals surface area contributed by atoms with Crippen molar-refractivity contribution >= 4 is 5.91 Å². The minimum atomic E-state index is 0.0102. The number of rotatable bonds is 5. The van der Waals surface area contributed by atoms with E-state index in [2.05, 4.69) is 40.0 Å². The second-order valence-corrected chi connectivity index (χ2v) is 7.75. The zero-order valence-corrected chi connectivity index (χ0v) is 17.6. The van der Waals surface area contributed by atoms with Crippen LogP contribution in [0.15, 0.2) is 48.5 Å². The molecule has 0 radical (unpaired) electrons. The van der Waals surface area contributed by atoms with Crippen LogP contribution in [0.3, 0.4) is 0 Å². The van der Waals surface area contributed by atoms with Gasteiger partial charge in [-0.1, -0.05) is 30.3 Å². The lowest BCUT2D eigenvalue weighted by Crippen LogP contribution is -2.46. The van der Waals surface area contributed by atoms with E-state index in [9.17, 15) is 4.79 Å². The Labute approximate surface area is 177 Å². The maximum atomic E-state index is 13.2. The van der Waals surface area contributed by atoms with Crippen molar-refractivity contribution in [1.29, 1.82) is 0 Å². The second-order valence-electron chi connectivity index (χ2n) is 7.75. The Morgan fingerprint density at radius 2 is 1.80 bits per heavy atom. The van der Waals surface area contributed by atoms with Gasteiger partial charge in [-0.05, 0) is 30.5 Å². The van der Waals surface area contributed by atoms with Crippen LogP contribution < -0.4 is 20.3 Å². The summed E-state index contributed by atoms with van der Waals surface area (Å²) in [6.07, 6.45) is 2.21. The second kappa shape index (κ2) is 9.47. The van der Waals surface area contributed by atoms with Crippen molar-refractivity contribution in [3.8, 4) is 11.5 Å². The van der Waals surface area contributed by atoms with E-state index in [0.29, 0.717) is 29.6 Å². The molecule has 2 atom stereocenters. The minimum Gasteiger partial charge on any atom is -0.497 e. The highest BCUT2D eigenvalue weighted by Gasteiger charge is 2.31. The number of benzene rings is 2. The fraction of sp³-hybridized carbons (Fsp3) is 0.435. The number of methoxy groups -OCH3 is 2. The maximum absolute atomic E-state index is 13.2. The van der Waals surface area contributed by atoms with E-state index in [1.165, 1.54) is 5.56 Å². The molecule has 2 unspecified atom stereocenters. The zero-order chi connectivity index (χ0) is 20.9. The predicted octanol–water partition coefficient (Wildman–Crippen LogP) is 2.42. The van der Waals surface area contributed by atoms with E-state index in [-0.39, 0.29) is 12.1 Å². The van der Waals surface area contributed by atoms with Gasteiger partial charge in [0.2, 0.25) is 0 Å². The standard InChI is InChI=1S/C23H30N4O3/c1-29-18-9-10-19(21(15-18)30-2)23(28)27-12-6-11-26(13-14-27)22-16-20(24-25-22)17-7-4-3-5-8-17/h3-5,7-10,15,20,22,24-25H,6,11-14,16H2,1-2H3. The van der Waals surface area contributed by atoms with Crippen LogP contribution in [0.1, 0.15) is 34.8 Å². The first-order valence-corrected chi connectivity index (χ1v) is 10.5. The third-order valence-electron chi connectivity index (χ3n) is 5.98. The van der Waals surface area contributed by atoms with Crippen LogP contribution in [0, 0.1) is 0 Å². The van der Waals surface area contributed by atoms with Crippen molar-refractivity contribution in [3.63, 3.8) is 0 Å². The first-order chi connectivity index (χ1) is 14.7. The van der Waals surface area contributed by atoms with Gasteiger partial charge in [0.15, 0.2) is 0 Å².